The average Bonchev–Trinajstić information content (AvgIpc) is 2.03. The smallest absolute Gasteiger partial charge is 0.0106 e. The average molecular weight is 175 g/mol. The quantitative estimate of drug-likeness (QED) is 0.607. The summed E-state index contributed by atoms with van der Waals surface area (Å²) in [5.74, 6) is 0.572. The molecule has 1 rings (SSSR count). The summed E-state index contributed by atoms with van der Waals surface area (Å²) >= 11 is 0. The maximum Gasteiger partial charge on any atom is -0.0106 e. The summed E-state index contributed by atoms with van der Waals surface area (Å²) in [7, 11) is 0. The van der Waals surface area contributed by atoms with Crippen LogP contribution in [0.3, 0.4) is 0 Å². The van der Waals surface area contributed by atoms with Gasteiger partial charge in [-0.15, -0.1) is 0 Å². The van der Waals surface area contributed by atoms with E-state index < -0.39 is 0 Å². The van der Waals surface area contributed by atoms with E-state index in [-0.39, 0.29) is 5.41 Å². The first-order valence-corrected chi connectivity index (χ1v) is 4.94. The zero-order valence-corrected chi connectivity index (χ0v) is 9.31. The number of hydrogen-bond acceptors (Lipinski definition) is 0. The fraction of sp³-hybridized carbons (Fsp3) is 0.538. The largest absolute Gasteiger partial charge is 0.0616 e. The van der Waals surface area contributed by atoms with Crippen LogP contribution in [0, 0.1) is 6.07 Å². The van der Waals surface area contributed by atoms with Gasteiger partial charge in [0.1, 0.15) is 0 Å². The molecule has 0 bridgehead atoms. The van der Waals surface area contributed by atoms with E-state index in [1.165, 1.54) is 11.1 Å². The van der Waals surface area contributed by atoms with Crippen molar-refractivity contribution >= 4 is 0 Å². The second-order valence-corrected chi connectivity index (χ2v) is 4.92. The van der Waals surface area contributed by atoms with Gasteiger partial charge in [-0.3, -0.25) is 0 Å². The van der Waals surface area contributed by atoms with Gasteiger partial charge in [0.2, 0.25) is 0 Å². The molecule has 0 unspecified atom stereocenters. The van der Waals surface area contributed by atoms with Crippen LogP contribution in [0.4, 0.5) is 0 Å². The van der Waals surface area contributed by atoms with Gasteiger partial charge in [-0.1, -0.05) is 52.8 Å². The molecule has 0 spiro atoms. The Kier molecular flexibility index (Phi) is 2.80. The van der Waals surface area contributed by atoms with Crippen LogP contribution in [0.5, 0.6) is 0 Å². The molecule has 1 aromatic carbocycles. The van der Waals surface area contributed by atoms with Crippen molar-refractivity contribution in [1.29, 1.82) is 0 Å². The lowest BCUT2D eigenvalue weighted by molar-refractivity contribution is 0.587. The minimum absolute atomic E-state index is 0.213. The predicted octanol–water partition coefficient (Wildman–Crippen LogP) is 3.91. The van der Waals surface area contributed by atoms with Crippen LogP contribution < -0.4 is 0 Å². The topological polar surface area (TPSA) is 0 Å². The van der Waals surface area contributed by atoms with Gasteiger partial charge in [0, 0.05) is 0 Å². The molecule has 0 aliphatic rings. The molecule has 0 saturated heterocycles. The van der Waals surface area contributed by atoms with Crippen molar-refractivity contribution in [2.75, 3.05) is 0 Å². The Balaban J connectivity index is 3.06. The fourth-order valence-corrected chi connectivity index (χ4v) is 1.26. The van der Waals surface area contributed by atoms with Crippen LogP contribution in [0.25, 0.3) is 0 Å². The Labute approximate surface area is 82.0 Å². The van der Waals surface area contributed by atoms with E-state index in [2.05, 4.69) is 58.9 Å². The van der Waals surface area contributed by atoms with E-state index in [4.69, 9.17) is 0 Å². The van der Waals surface area contributed by atoms with Crippen LogP contribution in [-0.2, 0) is 5.41 Å². The molecule has 0 N–H and O–H groups in total. The van der Waals surface area contributed by atoms with Gasteiger partial charge in [0.25, 0.3) is 0 Å². The van der Waals surface area contributed by atoms with Gasteiger partial charge in [-0.25, -0.2) is 0 Å². The summed E-state index contributed by atoms with van der Waals surface area (Å²) in [4.78, 5) is 0. The maximum atomic E-state index is 3.48. The number of hydrogen-bond donors (Lipinski definition) is 0. The predicted molar refractivity (Wildman–Crippen MR) is 58.1 cm³/mol. The molecule has 0 saturated carbocycles. The van der Waals surface area contributed by atoms with Crippen molar-refractivity contribution < 1.29 is 0 Å². The third kappa shape index (κ3) is 2.58. The van der Waals surface area contributed by atoms with Gasteiger partial charge < -0.3 is 0 Å². The number of rotatable bonds is 1. The minimum Gasteiger partial charge on any atom is -0.0616 e. The summed E-state index contributed by atoms with van der Waals surface area (Å²) in [6, 6.07) is 9.93. The van der Waals surface area contributed by atoms with Crippen molar-refractivity contribution in [1.82, 2.24) is 0 Å². The third-order valence-corrected chi connectivity index (χ3v) is 2.25. The normalized spacial score (nSPS) is 12.2. The van der Waals surface area contributed by atoms with E-state index in [9.17, 15) is 0 Å². The molecule has 0 aromatic heterocycles. The second kappa shape index (κ2) is 3.53. The van der Waals surface area contributed by atoms with Crippen molar-refractivity contribution in [3.05, 3.63) is 35.4 Å². The van der Waals surface area contributed by atoms with Gasteiger partial charge >= 0.3 is 0 Å². The van der Waals surface area contributed by atoms with Crippen molar-refractivity contribution in [3.8, 4) is 0 Å². The van der Waals surface area contributed by atoms with Gasteiger partial charge in [-0.05, 0) is 28.5 Å². The molecule has 0 nitrogen and oxygen atoms in total. The highest BCUT2D eigenvalue weighted by Gasteiger charge is 2.14. The van der Waals surface area contributed by atoms with Crippen LogP contribution in [-0.4, -0.2) is 0 Å². The Morgan fingerprint density at radius 1 is 1.15 bits per heavy atom. The van der Waals surface area contributed by atoms with Crippen LogP contribution in [0.1, 0.15) is 51.7 Å². The van der Waals surface area contributed by atoms with Crippen molar-refractivity contribution in [2.45, 2.75) is 46.0 Å². The van der Waals surface area contributed by atoms with Crippen molar-refractivity contribution in [2.24, 2.45) is 0 Å². The van der Waals surface area contributed by atoms with Gasteiger partial charge in [-0.2, -0.15) is 0 Å². The first-order valence-electron chi connectivity index (χ1n) is 4.94. The van der Waals surface area contributed by atoms with E-state index in [0.29, 0.717) is 5.92 Å². The lowest BCUT2D eigenvalue weighted by Gasteiger charge is -2.20. The van der Waals surface area contributed by atoms with E-state index in [1.807, 2.05) is 0 Å². The Bertz CT molecular complexity index is 276. The molecule has 0 aliphatic carbocycles. The highest BCUT2D eigenvalue weighted by Crippen LogP contribution is 2.24. The highest BCUT2D eigenvalue weighted by atomic mass is 14.2. The van der Waals surface area contributed by atoms with Crippen LogP contribution >= 0.6 is 0 Å². The van der Waals surface area contributed by atoms with Gasteiger partial charge in [0.15, 0.2) is 0 Å². The van der Waals surface area contributed by atoms with E-state index in [0.717, 1.165) is 0 Å². The third-order valence-electron chi connectivity index (χ3n) is 2.25. The molecule has 71 valence electrons. The molecule has 13 heavy (non-hydrogen) atoms. The summed E-state index contributed by atoms with van der Waals surface area (Å²) in [5, 5.41) is 0. The molecule has 0 aliphatic heterocycles. The first-order chi connectivity index (χ1) is 5.91. The Morgan fingerprint density at radius 2 is 1.77 bits per heavy atom. The molecule has 0 atom stereocenters. The number of benzene rings is 1. The second-order valence-electron chi connectivity index (χ2n) is 4.92. The molecular formula is C13H19. The van der Waals surface area contributed by atoms with E-state index >= 15 is 0 Å². The van der Waals surface area contributed by atoms with Gasteiger partial charge in [0.05, 0.1) is 0 Å². The zero-order chi connectivity index (χ0) is 10.1. The SMILES string of the molecule is CC(C)c1[c]c(C(C)(C)C)ccc1. The summed E-state index contributed by atoms with van der Waals surface area (Å²) in [6.07, 6.45) is 0. The Hall–Kier alpha value is -0.780. The summed E-state index contributed by atoms with van der Waals surface area (Å²) in [5.41, 5.74) is 2.83. The minimum atomic E-state index is 0.213. The standard InChI is InChI=1S/C13H19/c1-10(2)11-7-6-8-12(9-11)13(3,4)5/h6-8,10H,1-5H3. The summed E-state index contributed by atoms with van der Waals surface area (Å²) in [6.45, 7) is 11.1. The van der Waals surface area contributed by atoms with Crippen LogP contribution in [0.2, 0.25) is 0 Å². The first kappa shape index (κ1) is 10.3. The molecule has 0 heteroatoms. The van der Waals surface area contributed by atoms with Crippen molar-refractivity contribution in [3.63, 3.8) is 0 Å². The Morgan fingerprint density at radius 3 is 2.23 bits per heavy atom. The summed E-state index contributed by atoms with van der Waals surface area (Å²) < 4.78 is 0. The highest BCUT2D eigenvalue weighted by molar-refractivity contribution is 5.28. The maximum absolute atomic E-state index is 3.48. The molecule has 0 amide bonds. The zero-order valence-electron chi connectivity index (χ0n) is 9.31. The monoisotopic (exact) mass is 175 g/mol. The molecule has 0 fully saturated rings. The molecule has 0 heterocycles. The van der Waals surface area contributed by atoms with E-state index in [1.54, 1.807) is 0 Å². The molecule has 1 radical (unpaired) electrons. The fourth-order valence-electron chi connectivity index (χ4n) is 1.26. The lowest BCUT2D eigenvalue weighted by atomic mass is 9.85. The molecular weight excluding hydrogens is 156 g/mol. The molecule has 1 aromatic rings. The van der Waals surface area contributed by atoms with Crippen LogP contribution in [0.15, 0.2) is 18.2 Å². The lowest BCUT2D eigenvalue weighted by Crippen LogP contribution is -2.11.